The fourth-order valence-corrected chi connectivity index (χ4v) is 4.09. The molecule has 0 radical (unpaired) electrons. The molecule has 0 bridgehead atoms. The second-order valence-electron chi connectivity index (χ2n) is 7.68. The summed E-state index contributed by atoms with van der Waals surface area (Å²) in [4.78, 5) is 10.6. The van der Waals surface area contributed by atoms with Crippen molar-refractivity contribution >= 4 is 11.0 Å². The molecule has 26 heavy (non-hydrogen) atoms. The van der Waals surface area contributed by atoms with E-state index in [0.29, 0.717) is 0 Å². The normalized spacial score (nSPS) is 21.2. The van der Waals surface area contributed by atoms with Crippen LogP contribution in [0, 0.1) is 11.8 Å². The van der Waals surface area contributed by atoms with Crippen molar-refractivity contribution in [1.82, 2.24) is 14.9 Å². The van der Waals surface area contributed by atoms with E-state index in [9.17, 15) is 0 Å². The summed E-state index contributed by atoms with van der Waals surface area (Å²) in [7, 11) is 0. The highest BCUT2D eigenvalue weighted by Gasteiger charge is 2.21. The van der Waals surface area contributed by atoms with E-state index in [-0.39, 0.29) is 0 Å². The number of ether oxygens (including phenoxy) is 1. The number of H-pyrrole nitrogens is 1. The maximum absolute atomic E-state index is 6.03. The number of benzene rings is 2. The Hall–Kier alpha value is -2.33. The van der Waals surface area contributed by atoms with Gasteiger partial charge in [0.15, 0.2) is 0 Å². The number of imidazole rings is 1. The Morgan fingerprint density at radius 2 is 1.88 bits per heavy atom. The number of nitrogens with zero attached hydrogens (tertiary/aromatic N) is 2. The lowest BCUT2D eigenvalue weighted by molar-refractivity contribution is 0.120. The van der Waals surface area contributed by atoms with E-state index in [1.54, 1.807) is 0 Å². The van der Waals surface area contributed by atoms with Crippen molar-refractivity contribution < 1.29 is 4.74 Å². The Morgan fingerprint density at radius 3 is 2.69 bits per heavy atom. The molecule has 1 aliphatic heterocycles. The zero-order valence-corrected chi connectivity index (χ0v) is 15.6. The van der Waals surface area contributed by atoms with Crippen LogP contribution in [0.3, 0.4) is 0 Å². The third-order valence-corrected chi connectivity index (χ3v) is 5.12. The molecule has 0 saturated carbocycles. The monoisotopic (exact) mass is 349 g/mol. The first kappa shape index (κ1) is 17.1. The lowest BCUT2D eigenvalue weighted by atomic mass is 9.92. The van der Waals surface area contributed by atoms with E-state index in [2.05, 4.69) is 40.8 Å². The smallest absolute Gasteiger partial charge is 0.138 e. The molecule has 2 unspecified atom stereocenters. The van der Waals surface area contributed by atoms with Gasteiger partial charge in [0.1, 0.15) is 18.2 Å². The van der Waals surface area contributed by atoms with Gasteiger partial charge in [-0.15, -0.1) is 0 Å². The van der Waals surface area contributed by atoms with Gasteiger partial charge in [-0.3, -0.25) is 4.90 Å². The highest BCUT2D eigenvalue weighted by molar-refractivity contribution is 5.79. The fourth-order valence-electron chi connectivity index (χ4n) is 4.09. The van der Waals surface area contributed by atoms with Crippen LogP contribution in [0.2, 0.25) is 0 Å². The molecule has 0 amide bonds. The number of nitrogens with one attached hydrogen (secondary N) is 1. The number of para-hydroxylation sites is 2. The third-order valence-electron chi connectivity index (χ3n) is 5.12. The molecule has 3 aromatic rings. The summed E-state index contributed by atoms with van der Waals surface area (Å²) in [6, 6.07) is 16.3. The summed E-state index contributed by atoms with van der Waals surface area (Å²) in [5.41, 5.74) is 3.10. The summed E-state index contributed by atoms with van der Waals surface area (Å²) < 4.78 is 6.03. The van der Waals surface area contributed by atoms with Gasteiger partial charge in [0, 0.05) is 25.2 Å². The molecule has 2 atom stereocenters. The van der Waals surface area contributed by atoms with Crippen LogP contribution in [0.1, 0.15) is 20.3 Å². The first-order chi connectivity index (χ1) is 12.7. The van der Waals surface area contributed by atoms with E-state index in [0.717, 1.165) is 53.2 Å². The average Bonchev–Trinajstić information content (AvgIpc) is 3.05. The lowest BCUT2D eigenvalue weighted by Gasteiger charge is -2.34. The topological polar surface area (TPSA) is 41.1 Å². The largest absolute Gasteiger partial charge is 0.492 e. The van der Waals surface area contributed by atoms with Gasteiger partial charge >= 0.3 is 0 Å². The molecule has 1 aliphatic rings. The number of piperidine rings is 1. The fraction of sp³-hybridized carbons (Fsp3) is 0.409. The minimum absolute atomic E-state index is 0.725. The molecule has 4 rings (SSSR count). The first-order valence-corrected chi connectivity index (χ1v) is 9.58. The Kier molecular flexibility index (Phi) is 4.93. The van der Waals surface area contributed by atoms with Crippen molar-refractivity contribution in [2.24, 2.45) is 11.8 Å². The highest BCUT2D eigenvalue weighted by atomic mass is 16.5. The van der Waals surface area contributed by atoms with Crippen LogP contribution in [0.5, 0.6) is 5.75 Å². The quantitative estimate of drug-likeness (QED) is 0.733. The zero-order chi connectivity index (χ0) is 17.9. The standard InChI is InChI=1S/C22H27N3O/c1-16-12-17(2)15-25(14-16)10-11-26-19-7-5-6-18(13-19)22-23-20-8-3-4-9-21(20)24-22/h3-9,13,16-17H,10-12,14-15H2,1-2H3,(H,23,24). The minimum atomic E-state index is 0.725. The molecule has 4 heteroatoms. The molecule has 0 spiro atoms. The van der Waals surface area contributed by atoms with Gasteiger partial charge < -0.3 is 9.72 Å². The third kappa shape index (κ3) is 3.91. The van der Waals surface area contributed by atoms with Crippen molar-refractivity contribution in [2.75, 3.05) is 26.2 Å². The molecule has 1 N–H and O–H groups in total. The second kappa shape index (κ2) is 7.50. The van der Waals surface area contributed by atoms with Crippen molar-refractivity contribution in [3.63, 3.8) is 0 Å². The molecule has 1 saturated heterocycles. The van der Waals surface area contributed by atoms with Gasteiger partial charge in [0.05, 0.1) is 11.0 Å². The van der Waals surface area contributed by atoms with Gasteiger partial charge in [-0.2, -0.15) is 0 Å². The minimum Gasteiger partial charge on any atom is -0.492 e. The Labute approximate surface area is 155 Å². The van der Waals surface area contributed by atoms with Gasteiger partial charge in [-0.05, 0) is 42.5 Å². The predicted octanol–water partition coefficient (Wildman–Crippen LogP) is 4.59. The van der Waals surface area contributed by atoms with E-state index in [1.165, 1.54) is 19.5 Å². The Morgan fingerprint density at radius 1 is 1.08 bits per heavy atom. The summed E-state index contributed by atoms with van der Waals surface area (Å²) in [6.45, 7) is 8.78. The highest BCUT2D eigenvalue weighted by Crippen LogP contribution is 2.24. The van der Waals surface area contributed by atoms with E-state index in [1.807, 2.05) is 36.4 Å². The average molecular weight is 349 g/mol. The number of fused-ring (bicyclic) bond motifs is 1. The second-order valence-corrected chi connectivity index (χ2v) is 7.68. The predicted molar refractivity (Wildman–Crippen MR) is 106 cm³/mol. The molecule has 2 heterocycles. The lowest BCUT2D eigenvalue weighted by Crippen LogP contribution is -2.40. The number of aromatic nitrogens is 2. The first-order valence-electron chi connectivity index (χ1n) is 9.58. The van der Waals surface area contributed by atoms with Crippen molar-refractivity contribution in [3.05, 3.63) is 48.5 Å². The SMILES string of the molecule is CC1CC(C)CN(CCOc2cccc(-c3nc4ccccc4[nH]3)c2)C1. The van der Waals surface area contributed by atoms with Crippen molar-refractivity contribution in [1.29, 1.82) is 0 Å². The summed E-state index contributed by atoms with van der Waals surface area (Å²) >= 11 is 0. The molecular formula is C22H27N3O. The molecule has 1 aromatic heterocycles. The van der Waals surface area contributed by atoms with Gasteiger partial charge in [-0.1, -0.05) is 38.1 Å². The molecule has 1 fully saturated rings. The number of hydrogen-bond donors (Lipinski definition) is 1. The van der Waals surface area contributed by atoms with Crippen molar-refractivity contribution in [3.8, 4) is 17.1 Å². The maximum atomic E-state index is 6.03. The van der Waals surface area contributed by atoms with Crippen LogP contribution in [-0.4, -0.2) is 41.1 Å². The summed E-state index contributed by atoms with van der Waals surface area (Å²) in [5, 5.41) is 0. The Bertz CT molecular complexity index is 829. The Balaban J connectivity index is 1.40. The summed E-state index contributed by atoms with van der Waals surface area (Å²) in [6.07, 6.45) is 1.34. The van der Waals surface area contributed by atoms with E-state index >= 15 is 0 Å². The number of hydrogen-bond acceptors (Lipinski definition) is 3. The van der Waals surface area contributed by atoms with E-state index < -0.39 is 0 Å². The summed E-state index contributed by atoms with van der Waals surface area (Å²) in [5.74, 6) is 3.36. The van der Waals surface area contributed by atoms with Crippen LogP contribution in [0.25, 0.3) is 22.4 Å². The molecule has 0 aliphatic carbocycles. The molecule has 2 aromatic carbocycles. The van der Waals surface area contributed by atoms with E-state index in [4.69, 9.17) is 4.74 Å². The van der Waals surface area contributed by atoms with Crippen LogP contribution in [0.4, 0.5) is 0 Å². The number of aromatic amines is 1. The maximum Gasteiger partial charge on any atom is 0.138 e. The number of likely N-dealkylation sites (tertiary alicyclic amines) is 1. The zero-order valence-electron chi connectivity index (χ0n) is 15.6. The van der Waals surface area contributed by atoms with Crippen molar-refractivity contribution in [2.45, 2.75) is 20.3 Å². The van der Waals surface area contributed by atoms with Crippen LogP contribution >= 0.6 is 0 Å². The van der Waals surface area contributed by atoms with Crippen LogP contribution < -0.4 is 4.74 Å². The van der Waals surface area contributed by atoms with Crippen LogP contribution in [0.15, 0.2) is 48.5 Å². The molecule has 136 valence electrons. The van der Waals surface area contributed by atoms with Gasteiger partial charge in [0.25, 0.3) is 0 Å². The van der Waals surface area contributed by atoms with Gasteiger partial charge in [-0.25, -0.2) is 4.98 Å². The number of rotatable bonds is 5. The molecule has 4 nitrogen and oxygen atoms in total. The molecular weight excluding hydrogens is 322 g/mol. The van der Waals surface area contributed by atoms with Crippen LogP contribution in [-0.2, 0) is 0 Å². The van der Waals surface area contributed by atoms with Gasteiger partial charge in [0.2, 0.25) is 0 Å².